The van der Waals surface area contributed by atoms with E-state index in [1.54, 1.807) is 23.5 Å². The molecule has 0 atom stereocenters. The number of amidine groups is 1. The van der Waals surface area contributed by atoms with Crippen LogP contribution in [0.1, 0.15) is 17.4 Å². The maximum absolute atomic E-state index is 13.3. The van der Waals surface area contributed by atoms with Crippen molar-refractivity contribution in [1.82, 2.24) is 4.98 Å². The first-order valence-electron chi connectivity index (χ1n) is 8.80. The molecule has 1 aliphatic heterocycles. The minimum Gasteiger partial charge on any atom is -0.336 e. The molecule has 7 heteroatoms. The Kier molecular flexibility index (Phi) is 5.16. The van der Waals surface area contributed by atoms with Crippen molar-refractivity contribution in [2.24, 2.45) is 4.99 Å². The van der Waals surface area contributed by atoms with Crippen LogP contribution in [-0.4, -0.2) is 10.8 Å². The number of aryl methyl sites for hydroxylation is 1. The van der Waals surface area contributed by atoms with Gasteiger partial charge >= 0.3 is 0 Å². The number of nitriles is 1. The average Bonchev–Trinajstić information content (AvgIpc) is 3.26. The van der Waals surface area contributed by atoms with Gasteiger partial charge in [-0.25, -0.2) is 14.4 Å². The Hall–Kier alpha value is -3.04. The Labute approximate surface area is 179 Å². The third-order valence-electron chi connectivity index (χ3n) is 4.49. The summed E-state index contributed by atoms with van der Waals surface area (Å²) in [5, 5.41) is 13.1. The molecule has 1 aliphatic rings. The van der Waals surface area contributed by atoms with Crippen molar-refractivity contribution in [3.8, 4) is 6.07 Å². The van der Waals surface area contributed by atoms with Crippen molar-refractivity contribution < 1.29 is 4.39 Å². The van der Waals surface area contributed by atoms with Crippen molar-refractivity contribution in [3.05, 3.63) is 80.7 Å². The number of hydrogen-bond acceptors (Lipinski definition) is 5. The maximum atomic E-state index is 13.3. The van der Waals surface area contributed by atoms with Crippen LogP contribution in [0, 0.1) is 17.1 Å². The summed E-state index contributed by atoms with van der Waals surface area (Å²) in [6.07, 6.45) is 0.824. The number of thiophene rings is 1. The lowest BCUT2D eigenvalue weighted by Crippen LogP contribution is -2.13. The van der Waals surface area contributed by atoms with Gasteiger partial charge in [-0.3, -0.25) is 0 Å². The minimum absolute atomic E-state index is 0.346. The van der Waals surface area contributed by atoms with Crippen LogP contribution in [0.5, 0.6) is 0 Å². The number of halogens is 2. The summed E-state index contributed by atoms with van der Waals surface area (Å²) in [7, 11) is 0. The molecule has 0 saturated heterocycles. The van der Waals surface area contributed by atoms with E-state index >= 15 is 0 Å². The van der Waals surface area contributed by atoms with Crippen molar-refractivity contribution in [1.29, 1.82) is 5.26 Å². The standard InChI is InChI=1S/C22H14BrFN4S/c1-3-14-15(11-25)19(12-5-7-13(24)8-6-12)27-22(14)28-20-16(4-2)29-17-9-10-18(23)26-21(17)20/h5-10H,1,4H2,2H3,(H,27,28). The smallest absolute Gasteiger partial charge is 0.147 e. The van der Waals surface area contributed by atoms with Gasteiger partial charge < -0.3 is 5.32 Å². The van der Waals surface area contributed by atoms with Gasteiger partial charge in [0.2, 0.25) is 0 Å². The third kappa shape index (κ3) is 3.43. The number of nitrogens with zero attached hydrogens (tertiary/aromatic N) is 3. The zero-order valence-corrected chi connectivity index (χ0v) is 17.8. The largest absolute Gasteiger partial charge is 0.336 e. The fourth-order valence-corrected chi connectivity index (χ4v) is 4.49. The Morgan fingerprint density at radius 1 is 1.24 bits per heavy atom. The quantitative estimate of drug-likeness (QED) is 0.369. The Balaban J connectivity index is 1.82. The summed E-state index contributed by atoms with van der Waals surface area (Å²) in [5.74, 6) is 0.133. The molecule has 0 bridgehead atoms. The molecule has 142 valence electrons. The second kappa shape index (κ2) is 7.76. The van der Waals surface area contributed by atoms with Crippen LogP contribution in [0.15, 0.2) is 69.5 Å². The van der Waals surface area contributed by atoms with Crippen LogP contribution in [0.25, 0.3) is 15.9 Å². The summed E-state index contributed by atoms with van der Waals surface area (Å²) < 4.78 is 15.1. The first-order valence-corrected chi connectivity index (χ1v) is 10.4. The average molecular weight is 465 g/mol. The van der Waals surface area contributed by atoms with Gasteiger partial charge in [-0.05, 0) is 58.7 Å². The SMILES string of the molecule is C=C=C1C(Nc2c(CC)sc3ccc(Br)nc23)=NC(c2ccc(F)cc2)=C1C#N. The van der Waals surface area contributed by atoms with E-state index in [4.69, 9.17) is 0 Å². The molecule has 0 radical (unpaired) electrons. The summed E-state index contributed by atoms with van der Waals surface area (Å²) in [6, 6.07) is 12.0. The van der Waals surface area contributed by atoms with Gasteiger partial charge in [-0.2, -0.15) is 5.26 Å². The molecule has 4 nitrogen and oxygen atoms in total. The topological polar surface area (TPSA) is 61.1 Å². The van der Waals surface area contributed by atoms with E-state index < -0.39 is 0 Å². The summed E-state index contributed by atoms with van der Waals surface area (Å²) in [5.41, 5.74) is 6.48. The molecule has 4 rings (SSSR count). The molecule has 1 N–H and O–H groups in total. The molecule has 29 heavy (non-hydrogen) atoms. The molecular formula is C22H14BrFN4S. The highest BCUT2D eigenvalue weighted by molar-refractivity contribution is 9.10. The molecule has 0 saturated carbocycles. The van der Waals surface area contributed by atoms with Crippen LogP contribution in [-0.2, 0) is 6.42 Å². The minimum atomic E-state index is -0.346. The first-order chi connectivity index (χ1) is 14.0. The Morgan fingerprint density at radius 2 is 2.00 bits per heavy atom. The number of benzene rings is 1. The van der Waals surface area contributed by atoms with Crippen molar-refractivity contribution in [2.75, 3.05) is 5.32 Å². The van der Waals surface area contributed by atoms with E-state index in [0.29, 0.717) is 28.2 Å². The van der Waals surface area contributed by atoms with E-state index in [2.05, 4.69) is 56.5 Å². The Bertz CT molecular complexity index is 1290. The van der Waals surface area contributed by atoms with E-state index in [9.17, 15) is 9.65 Å². The number of fused-ring (bicyclic) bond motifs is 1. The van der Waals surface area contributed by atoms with Crippen LogP contribution in [0.4, 0.5) is 10.1 Å². The predicted octanol–water partition coefficient (Wildman–Crippen LogP) is 6.23. The number of aliphatic imine (C=N–C) groups is 1. The van der Waals surface area contributed by atoms with Crippen LogP contribution >= 0.6 is 27.3 Å². The van der Waals surface area contributed by atoms with Gasteiger partial charge in [0.15, 0.2) is 0 Å². The number of rotatable bonds is 3. The normalized spacial score (nSPS) is 13.4. The highest BCUT2D eigenvalue weighted by Crippen LogP contribution is 2.38. The fourth-order valence-electron chi connectivity index (χ4n) is 3.14. The van der Waals surface area contributed by atoms with Crippen molar-refractivity contribution >= 4 is 54.7 Å². The summed E-state index contributed by atoms with van der Waals surface area (Å²) in [6.45, 7) is 5.81. The summed E-state index contributed by atoms with van der Waals surface area (Å²) >= 11 is 5.09. The van der Waals surface area contributed by atoms with Gasteiger partial charge in [-0.1, -0.05) is 13.5 Å². The lowest BCUT2D eigenvalue weighted by atomic mass is 10.0. The molecule has 3 aromatic rings. The molecule has 3 heterocycles. The summed E-state index contributed by atoms with van der Waals surface area (Å²) in [4.78, 5) is 10.4. The number of pyridine rings is 1. The van der Waals surface area contributed by atoms with Gasteiger partial charge in [-0.15, -0.1) is 17.1 Å². The Morgan fingerprint density at radius 3 is 2.66 bits per heavy atom. The maximum Gasteiger partial charge on any atom is 0.147 e. The van der Waals surface area contributed by atoms with E-state index in [0.717, 1.165) is 31.8 Å². The van der Waals surface area contributed by atoms with Crippen LogP contribution in [0.3, 0.4) is 0 Å². The van der Waals surface area contributed by atoms with Gasteiger partial charge in [0, 0.05) is 10.4 Å². The highest BCUT2D eigenvalue weighted by atomic mass is 79.9. The third-order valence-corrected chi connectivity index (χ3v) is 6.22. The van der Waals surface area contributed by atoms with Gasteiger partial charge in [0.25, 0.3) is 0 Å². The monoisotopic (exact) mass is 464 g/mol. The van der Waals surface area contributed by atoms with Crippen LogP contribution < -0.4 is 5.32 Å². The fraction of sp³-hybridized carbons (Fsp3) is 0.0909. The molecule has 0 fully saturated rings. The molecule has 1 aromatic carbocycles. The predicted molar refractivity (Wildman–Crippen MR) is 119 cm³/mol. The molecule has 0 amide bonds. The zero-order valence-electron chi connectivity index (χ0n) is 15.4. The number of hydrogen-bond donors (Lipinski definition) is 1. The van der Waals surface area contributed by atoms with E-state index in [1.807, 2.05) is 12.1 Å². The lowest BCUT2D eigenvalue weighted by Gasteiger charge is -2.08. The zero-order chi connectivity index (χ0) is 20.5. The first kappa shape index (κ1) is 19.3. The molecule has 0 aliphatic carbocycles. The second-order valence-electron chi connectivity index (χ2n) is 6.21. The lowest BCUT2D eigenvalue weighted by molar-refractivity contribution is 0.627. The number of aromatic nitrogens is 1. The van der Waals surface area contributed by atoms with Gasteiger partial charge in [0.1, 0.15) is 27.8 Å². The molecule has 0 spiro atoms. The highest BCUT2D eigenvalue weighted by Gasteiger charge is 2.27. The van der Waals surface area contributed by atoms with Crippen molar-refractivity contribution in [3.63, 3.8) is 0 Å². The van der Waals surface area contributed by atoms with Crippen LogP contribution in [0.2, 0.25) is 0 Å². The van der Waals surface area contributed by atoms with E-state index in [-0.39, 0.29) is 5.82 Å². The second-order valence-corrected chi connectivity index (χ2v) is 8.16. The molecular weight excluding hydrogens is 451 g/mol. The van der Waals surface area contributed by atoms with Gasteiger partial charge in [0.05, 0.1) is 27.2 Å². The number of nitrogens with one attached hydrogen (secondary N) is 1. The van der Waals surface area contributed by atoms with Crippen molar-refractivity contribution in [2.45, 2.75) is 13.3 Å². The number of anilines is 1. The molecule has 2 aromatic heterocycles. The molecule has 0 unspecified atom stereocenters. The van der Waals surface area contributed by atoms with E-state index in [1.165, 1.54) is 12.1 Å².